The first-order chi connectivity index (χ1) is 15.8. The number of alkyl halides is 2. The van der Waals surface area contributed by atoms with Crippen molar-refractivity contribution in [3.8, 4) is 0 Å². The molecule has 5 rings (SSSR count). The van der Waals surface area contributed by atoms with Gasteiger partial charge in [0.1, 0.15) is 5.82 Å². The Labute approximate surface area is 207 Å². The van der Waals surface area contributed by atoms with Crippen molar-refractivity contribution in [3.63, 3.8) is 0 Å². The number of benzene rings is 1. The topological polar surface area (TPSA) is 80.8 Å². The molecular formula is C24H24Br2FNO5. The number of amides is 2. The van der Waals surface area contributed by atoms with Crippen LogP contribution in [0.2, 0.25) is 0 Å². The van der Waals surface area contributed by atoms with Crippen molar-refractivity contribution in [3.05, 3.63) is 35.6 Å². The minimum absolute atomic E-state index is 0.0442. The molecule has 1 heterocycles. The molecule has 33 heavy (non-hydrogen) atoms. The van der Waals surface area contributed by atoms with Crippen LogP contribution in [0.3, 0.4) is 0 Å². The van der Waals surface area contributed by atoms with Crippen LogP contribution in [0.15, 0.2) is 24.3 Å². The molecule has 9 heteroatoms. The number of ketones is 1. The van der Waals surface area contributed by atoms with E-state index in [0.717, 1.165) is 6.42 Å². The van der Waals surface area contributed by atoms with Gasteiger partial charge in [-0.25, -0.2) is 4.39 Å². The second-order valence-electron chi connectivity index (χ2n) is 9.59. The lowest BCUT2D eigenvalue weighted by Crippen LogP contribution is -2.44. The third-order valence-corrected chi connectivity index (χ3v) is 11.1. The van der Waals surface area contributed by atoms with E-state index in [0.29, 0.717) is 25.7 Å². The molecule has 0 aromatic heterocycles. The van der Waals surface area contributed by atoms with Crippen LogP contribution >= 0.6 is 31.9 Å². The molecule has 1 aromatic carbocycles. The fourth-order valence-corrected chi connectivity index (χ4v) is 8.15. The van der Waals surface area contributed by atoms with Gasteiger partial charge in [0.25, 0.3) is 0 Å². The van der Waals surface area contributed by atoms with Crippen molar-refractivity contribution in [2.24, 2.45) is 29.6 Å². The van der Waals surface area contributed by atoms with Gasteiger partial charge in [0.15, 0.2) is 12.4 Å². The molecule has 6 nitrogen and oxygen atoms in total. The van der Waals surface area contributed by atoms with E-state index in [1.165, 1.54) is 29.2 Å². The molecule has 0 spiro atoms. The zero-order valence-corrected chi connectivity index (χ0v) is 21.0. The first-order valence-electron chi connectivity index (χ1n) is 11.4. The molecule has 1 aliphatic heterocycles. The van der Waals surface area contributed by atoms with Crippen molar-refractivity contribution < 1.29 is 28.3 Å². The number of Topliss-reactive ketones (excluding diaryl/α,β-unsaturated/α-hetero) is 1. The standard InChI is InChI=1S/C24H24Br2FNO5/c25-20-15-9-16(21(20)26)19-18(15)22(30)28(23(19)31)14-7-3-12(4-8-14)24(32)33-10-17(29)11-1-5-13(27)6-2-11/h1-2,5-6,12,14-16,18-21H,3-4,7-10H2/t12?,14?,15-,16-,18-,19+,20-,21+/m0/s1. The summed E-state index contributed by atoms with van der Waals surface area (Å²) in [5.41, 5.74) is 0.287. The lowest BCUT2D eigenvalue weighted by molar-refractivity contribution is -0.149. The van der Waals surface area contributed by atoms with Crippen LogP contribution in [0.4, 0.5) is 4.39 Å². The summed E-state index contributed by atoms with van der Waals surface area (Å²) in [6.07, 6.45) is 3.05. The summed E-state index contributed by atoms with van der Waals surface area (Å²) in [5, 5.41) is 0. The molecule has 0 radical (unpaired) electrons. The van der Waals surface area contributed by atoms with E-state index >= 15 is 0 Å². The van der Waals surface area contributed by atoms with Crippen molar-refractivity contribution in [1.82, 2.24) is 4.90 Å². The average molecular weight is 585 g/mol. The van der Waals surface area contributed by atoms with E-state index < -0.39 is 11.8 Å². The third-order valence-electron chi connectivity index (χ3n) is 7.93. The number of carbonyl (C=O) groups excluding carboxylic acids is 4. The van der Waals surface area contributed by atoms with E-state index in [-0.39, 0.29) is 75.1 Å². The number of halogens is 3. The van der Waals surface area contributed by atoms with E-state index in [1.54, 1.807) is 0 Å². The van der Waals surface area contributed by atoms with E-state index in [1.807, 2.05) is 0 Å². The maximum Gasteiger partial charge on any atom is 0.309 e. The molecule has 0 unspecified atom stereocenters. The fourth-order valence-electron chi connectivity index (χ4n) is 6.28. The Hall–Kier alpha value is -1.61. The van der Waals surface area contributed by atoms with Gasteiger partial charge < -0.3 is 4.74 Å². The molecule has 1 saturated heterocycles. The van der Waals surface area contributed by atoms with Gasteiger partial charge in [0, 0.05) is 21.3 Å². The van der Waals surface area contributed by atoms with Crippen LogP contribution in [0.1, 0.15) is 42.5 Å². The Morgan fingerprint density at radius 3 is 2.03 bits per heavy atom. The Bertz CT molecular complexity index is 961. The second-order valence-corrected chi connectivity index (χ2v) is 11.7. The minimum atomic E-state index is -0.442. The van der Waals surface area contributed by atoms with Gasteiger partial charge in [-0.1, -0.05) is 31.9 Å². The molecule has 2 bridgehead atoms. The summed E-state index contributed by atoms with van der Waals surface area (Å²) in [7, 11) is 0. The lowest BCUT2D eigenvalue weighted by atomic mass is 9.81. The molecule has 0 N–H and O–H groups in total. The largest absolute Gasteiger partial charge is 0.457 e. The number of ether oxygens (including phenoxy) is 1. The molecule has 6 atom stereocenters. The highest BCUT2D eigenvalue weighted by molar-refractivity contribution is 9.12. The summed E-state index contributed by atoms with van der Waals surface area (Å²) >= 11 is 7.41. The molecule has 4 aliphatic rings. The zero-order chi connectivity index (χ0) is 23.4. The van der Waals surface area contributed by atoms with Gasteiger partial charge in [-0.05, 0) is 68.2 Å². The van der Waals surface area contributed by atoms with Gasteiger partial charge >= 0.3 is 5.97 Å². The number of esters is 1. The normalized spacial score (nSPS) is 37.4. The highest BCUT2D eigenvalue weighted by Crippen LogP contribution is 2.60. The molecular weight excluding hydrogens is 561 g/mol. The lowest BCUT2D eigenvalue weighted by Gasteiger charge is -2.33. The van der Waals surface area contributed by atoms with Crippen LogP contribution in [0.5, 0.6) is 0 Å². The monoisotopic (exact) mass is 583 g/mol. The van der Waals surface area contributed by atoms with Crippen molar-refractivity contribution in [1.29, 1.82) is 0 Å². The first-order valence-corrected chi connectivity index (χ1v) is 13.2. The molecule has 176 valence electrons. The van der Waals surface area contributed by atoms with E-state index in [9.17, 15) is 23.6 Å². The Balaban J connectivity index is 1.15. The fraction of sp³-hybridized carbons (Fsp3) is 0.583. The van der Waals surface area contributed by atoms with Crippen LogP contribution in [-0.2, 0) is 19.1 Å². The molecule has 3 aliphatic carbocycles. The molecule has 1 aromatic rings. The Kier molecular flexibility index (Phi) is 6.22. The van der Waals surface area contributed by atoms with E-state index in [4.69, 9.17) is 4.74 Å². The van der Waals surface area contributed by atoms with Crippen LogP contribution < -0.4 is 0 Å². The van der Waals surface area contributed by atoms with Crippen LogP contribution in [0, 0.1) is 35.4 Å². The minimum Gasteiger partial charge on any atom is -0.457 e. The van der Waals surface area contributed by atoms with Gasteiger partial charge in [0.05, 0.1) is 17.8 Å². The molecule has 3 saturated carbocycles. The second kappa shape index (κ2) is 8.87. The highest BCUT2D eigenvalue weighted by Gasteiger charge is 2.67. The number of rotatable bonds is 5. The van der Waals surface area contributed by atoms with Gasteiger partial charge in [-0.3, -0.25) is 24.1 Å². The average Bonchev–Trinajstić information content (AvgIpc) is 3.42. The van der Waals surface area contributed by atoms with Gasteiger partial charge in [0.2, 0.25) is 11.8 Å². The zero-order valence-electron chi connectivity index (χ0n) is 17.8. The number of hydrogen-bond acceptors (Lipinski definition) is 5. The Morgan fingerprint density at radius 2 is 1.48 bits per heavy atom. The van der Waals surface area contributed by atoms with Crippen molar-refractivity contribution in [2.75, 3.05) is 6.61 Å². The highest BCUT2D eigenvalue weighted by atomic mass is 79.9. The quantitative estimate of drug-likeness (QED) is 0.227. The van der Waals surface area contributed by atoms with Gasteiger partial charge in [-0.2, -0.15) is 0 Å². The predicted octanol–water partition coefficient (Wildman–Crippen LogP) is 3.89. The summed E-state index contributed by atoms with van der Waals surface area (Å²) in [5.74, 6) is -1.78. The summed E-state index contributed by atoms with van der Waals surface area (Å²) < 4.78 is 18.2. The number of likely N-dealkylation sites (tertiary alicyclic amines) is 1. The number of nitrogens with zero attached hydrogens (tertiary/aromatic N) is 1. The summed E-state index contributed by atoms with van der Waals surface area (Å²) in [6, 6.07) is 4.91. The van der Waals surface area contributed by atoms with E-state index in [2.05, 4.69) is 31.9 Å². The third kappa shape index (κ3) is 3.89. The van der Waals surface area contributed by atoms with Gasteiger partial charge in [-0.15, -0.1) is 0 Å². The Morgan fingerprint density at radius 1 is 0.939 bits per heavy atom. The molecule has 2 amide bonds. The number of imide groups is 1. The van der Waals surface area contributed by atoms with Crippen LogP contribution in [-0.4, -0.2) is 50.8 Å². The first kappa shape index (κ1) is 23.1. The maximum absolute atomic E-state index is 13.2. The number of hydrogen-bond donors (Lipinski definition) is 0. The number of fused-ring (bicyclic) bond motifs is 5. The predicted molar refractivity (Wildman–Crippen MR) is 123 cm³/mol. The maximum atomic E-state index is 13.2. The van der Waals surface area contributed by atoms with Crippen molar-refractivity contribution in [2.45, 2.75) is 47.8 Å². The summed E-state index contributed by atoms with van der Waals surface area (Å²) in [4.78, 5) is 53.0. The molecule has 4 fully saturated rings. The number of carbonyl (C=O) groups is 4. The summed E-state index contributed by atoms with van der Waals surface area (Å²) in [6.45, 7) is -0.388. The van der Waals surface area contributed by atoms with Crippen LogP contribution in [0.25, 0.3) is 0 Å². The van der Waals surface area contributed by atoms with Crippen molar-refractivity contribution >= 4 is 55.4 Å². The smallest absolute Gasteiger partial charge is 0.309 e. The SMILES string of the molecule is O=C(COC(=O)C1CCC(N2C(=O)[C@@H]3[C@@H]4C[C@H]([C@H](Br)[C@@H]4Br)[C@@H]3C2=O)CC1)c1ccc(F)cc1.